The van der Waals surface area contributed by atoms with Gasteiger partial charge < -0.3 is 15.5 Å². The van der Waals surface area contributed by atoms with E-state index >= 15 is 0 Å². The quantitative estimate of drug-likeness (QED) is 0.614. The summed E-state index contributed by atoms with van der Waals surface area (Å²) in [5.74, 6) is -1.91. The topological polar surface area (TPSA) is 86.6 Å². The van der Waals surface area contributed by atoms with Crippen LogP contribution >= 0.6 is 0 Å². The van der Waals surface area contributed by atoms with Gasteiger partial charge in [-0.25, -0.2) is 4.79 Å². The molecule has 0 radical (unpaired) electrons. The highest BCUT2D eigenvalue weighted by atomic mass is 16.4. The van der Waals surface area contributed by atoms with Crippen molar-refractivity contribution in [1.29, 1.82) is 0 Å². The van der Waals surface area contributed by atoms with E-state index in [-0.39, 0.29) is 17.2 Å². The van der Waals surface area contributed by atoms with Crippen molar-refractivity contribution in [1.82, 2.24) is 0 Å². The summed E-state index contributed by atoms with van der Waals surface area (Å²) in [6, 6.07) is 19.7. The first-order valence-electron chi connectivity index (χ1n) is 7.99. The van der Waals surface area contributed by atoms with Gasteiger partial charge in [0, 0.05) is 11.3 Å². The molecule has 3 aromatic rings. The molecule has 0 heterocycles. The fraction of sp³-hybridized carbons (Fsp3) is 0.0476. The van der Waals surface area contributed by atoms with Crippen LogP contribution in [-0.2, 0) is 0 Å². The van der Waals surface area contributed by atoms with E-state index in [0.29, 0.717) is 16.8 Å². The lowest BCUT2D eigenvalue weighted by atomic mass is 10.0. The van der Waals surface area contributed by atoms with Crippen molar-refractivity contribution < 1.29 is 19.8 Å². The first-order valence-corrected chi connectivity index (χ1v) is 7.99. The van der Waals surface area contributed by atoms with Gasteiger partial charge in [-0.3, -0.25) is 4.79 Å². The summed E-state index contributed by atoms with van der Waals surface area (Å²) in [6.07, 6.45) is 0. The number of aryl methyl sites for hydroxylation is 1. The highest BCUT2D eigenvalue weighted by molar-refractivity contribution is 6.05. The maximum absolute atomic E-state index is 12.4. The number of benzene rings is 3. The number of amides is 1. The predicted molar refractivity (Wildman–Crippen MR) is 99.6 cm³/mol. The Balaban J connectivity index is 1.81. The number of carboxylic acids is 1. The number of nitrogens with one attached hydrogen (secondary N) is 1. The molecule has 26 heavy (non-hydrogen) atoms. The second-order valence-corrected chi connectivity index (χ2v) is 5.89. The summed E-state index contributed by atoms with van der Waals surface area (Å²) in [4.78, 5) is 23.6. The largest absolute Gasteiger partial charge is 0.507 e. The molecule has 1 amide bonds. The third-order valence-corrected chi connectivity index (χ3v) is 4.04. The minimum absolute atomic E-state index is 0.250. The molecular formula is C21H17NO4. The van der Waals surface area contributed by atoms with Crippen LogP contribution in [0.4, 0.5) is 5.69 Å². The van der Waals surface area contributed by atoms with E-state index in [4.69, 9.17) is 5.11 Å². The normalized spacial score (nSPS) is 10.3. The van der Waals surface area contributed by atoms with Crippen LogP contribution in [0, 0.1) is 6.92 Å². The summed E-state index contributed by atoms with van der Waals surface area (Å²) in [5.41, 5.74) is 2.94. The molecule has 0 aliphatic carbocycles. The molecule has 0 unspecified atom stereocenters. The molecule has 0 saturated carbocycles. The van der Waals surface area contributed by atoms with Crippen LogP contribution in [-0.4, -0.2) is 22.1 Å². The van der Waals surface area contributed by atoms with Gasteiger partial charge in [-0.05, 0) is 47.9 Å². The van der Waals surface area contributed by atoms with Gasteiger partial charge in [0.1, 0.15) is 11.3 Å². The van der Waals surface area contributed by atoms with Crippen LogP contribution in [0.25, 0.3) is 11.1 Å². The summed E-state index contributed by atoms with van der Waals surface area (Å²) < 4.78 is 0. The standard InChI is InChI=1S/C21H17NO4/c1-13-11-17(12-18(19(13)23)21(25)26)22-20(24)16-9-7-15(8-10-16)14-5-3-2-4-6-14/h2-12,23H,1H3,(H,22,24)(H,25,26). The van der Waals surface area contributed by atoms with Crippen LogP contribution in [0.2, 0.25) is 0 Å². The van der Waals surface area contributed by atoms with Gasteiger partial charge in [-0.15, -0.1) is 0 Å². The van der Waals surface area contributed by atoms with E-state index in [9.17, 15) is 14.7 Å². The Morgan fingerprint density at radius 3 is 2.12 bits per heavy atom. The zero-order chi connectivity index (χ0) is 18.7. The van der Waals surface area contributed by atoms with Crippen LogP contribution in [0.15, 0.2) is 66.7 Å². The van der Waals surface area contributed by atoms with Crippen LogP contribution in [0.3, 0.4) is 0 Å². The minimum Gasteiger partial charge on any atom is -0.507 e. The zero-order valence-corrected chi connectivity index (χ0v) is 14.1. The van der Waals surface area contributed by atoms with Gasteiger partial charge in [0.15, 0.2) is 0 Å². The first-order chi connectivity index (χ1) is 12.5. The lowest BCUT2D eigenvalue weighted by molar-refractivity contribution is 0.0693. The second-order valence-electron chi connectivity index (χ2n) is 5.89. The number of phenols is 1. The van der Waals surface area contributed by atoms with Crippen LogP contribution in [0.5, 0.6) is 5.75 Å². The molecule has 0 aliphatic heterocycles. The molecule has 0 saturated heterocycles. The van der Waals surface area contributed by atoms with Crippen molar-refractivity contribution in [2.24, 2.45) is 0 Å². The molecule has 0 aromatic heterocycles. The molecule has 0 spiro atoms. The molecule has 0 atom stereocenters. The number of aromatic carboxylic acids is 1. The van der Waals surface area contributed by atoms with Crippen LogP contribution in [0.1, 0.15) is 26.3 Å². The summed E-state index contributed by atoms with van der Waals surface area (Å²) in [7, 11) is 0. The van der Waals surface area contributed by atoms with E-state index in [1.165, 1.54) is 12.1 Å². The van der Waals surface area contributed by atoms with Crippen molar-refractivity contribution in [3.05, 3.63) is 83.4 Å². The number of anilines is 1. The Bertz CT molecular complexity index is 963. The fourth-order valence-corrected chi connectivity index (χ4v) is 2.66. The van der Waals surface area contributed by atoms with E-state index < -0.39 is 5.97 Å². The summed E-state index contributed by atoms with van der Waals surface area (Å²) >= 11 is 0. The van der Waals surface area contributed by atoms with E-state index in [1.54, 1.807) is 19.1 Å². The Morgan fingerprint density at radius 1 is 0.885 bits per heavy atom. The lowest BCUT2D eigenvalue weighted by Gasteiger charge is -2.10. The van der Waals surface area contributed by atoms with Crippen molar-refractivity contribution in [3.63, 3.8) is 0 Å². The zero-order valence-electron chi connectivity index (χ0n) is 14.1. The van der Waals surface area contributed by atoms with Crippen molar-refractivity contribution >= 4 is 17.6 Å². The van der Waals surface area contributed by atoms with Crippen LogP contribution < -0.4 is 5.32 Å². The molecule has 130 valence electrons. The number of rotatable bonds is 4. The maximum Gasteiger partial charge on any atom is 0.339 e. The number of aromatic hydroxyl groups is 1. The number of carbonyl (C=O) groups is 2. The third kappa shape index (κ3) is 3.57. The first kappa shape index (κ1) is 17.2. The van der Waals surface area contributed by atoms with E-state index in [2.05, 4.69) is 5.32 Å². The predicted octanol–water partition coefficient (Wildman–Crippen LogP) is 4.32. The lowest BCUT2D eigenvalue weighted by Crippen LogP contribution is -2.12. The van der Waals surface area contributed by atoms with Gasteiger partial charge in [0.2, 0.25) is 0 Å². The van der Waals surface area contributed by atoms with Crippen molar-refractivity contribution in [2.45, 2.75) is 6.92 Å². The average molecular weight is 347 g/mol. The molecular weight excluding hydrogens is 330 g/mol. The van der Waals surface area contributed by atoms with Gasteiger partial charge in [-0.1, -0.05) is 42.5 Å². The third-order valence-electron chi connectivity index (χ3n) is 4.04. The number of carbonyl (C=O) groups excluding carboxylic acids is 1. The SMILES string of the molecule is Cc1cc(NC(=O)c2ccc(-c3ccccc3)cc2)cc(C(=O)O)c1O. The molecule has 0 bridgehead atoms. The smallest absolute Gasteiger partial charge is 0.339 e. The maximum atomic E-state index is 12.4. The second kappa shape index (κ2) is 7.11. The van der Waals surface area contributed by atoms with Crippen molar-refractivity contribution in [2.75, 3.05) is 5.32 Å². The Kier molecular flexibility index (Phi) is 4.71. The number of hydrogen-bond acceptors (Lipinski definition) is 3. The Morgan fingerprint density at radius 2 is 1.50 bits per heavy atom. The number of carboxylic acid groups (broad SMARTS) is 1. The van der Waals surface area contributed by atoms with E-state index in [1.807, 2.05) is 42.5 Å². The molecule has 0 aliphatic rings. The average Bonchev–Trinajstić information content (AvgIpc) is 2.65. The van der Waals surface area contributed by atoms with Crippen molar-refractivity contribution in [3.8, 4) is 16.9 Å². The molecule has 3 rings (SSSR count). The highest BCUT2D eigenvalue weighted by Gasteiger charge is 2.15. The highest BCUT2D eigenvalue weighted by Crippen LogP contribution is 2.27. The summed E-state index contributed by atoms with van der Waals surface area (Å²) in [5, 5.41) is 21.6. The van der Waals surface area contributed by atoms with Gasteiger partial charge in [-0.2, -0.15) is 0 Å². The molecule has 3 aromatic carbocycles. The molecule has 0 fully saturated rings. The monoisotopic (exact) mass is 347 g/mol. The van der Waals surface area contributed by atoms with Gasteiger partial charge >= 0.3 is 5.97 Å². The number of hydrogen-bond donors (Lipinski definition) is 3. The Hall–Kier alpha value is -3.60. The fourth-order valence-electron chi connectivity index (χ4n) is 2.66. The van der Waals surface area contributed by atoms with Gasteiger partial charge in [0.05, 0.1) is 0 Å². The minimum atomic E-state index is -1.26. The Labute approximate surface area is 150 Å². The molecule has 3 N–H and O–H groups in total. The summed E-state index contributed by atoms with van der Waals surface area (Å²) in [6.45, 7) is 1.58. The van der Waals surface area contributed by atoms with Gasteiger partial charge in [0.25, 0.3) is 5.91 Å². The molecule has 5 nitrogen and oxygen atoms in total. The molecule has 5 heteroatoms. The van der Waals surface area contributed by atoms with E-state index in [0.717, 1.165) is 11.1 Å².